The van der Waals surface area contributed by atoms with Crippen LogP contribution in [0.4, 0.5) is 13.2 Å². The van der Waals surface area contributed by atoms with Gasteiger partial charge in [-0.15, -0.1) is 0 Å². The topological polar surface area (TPSA) is 47.6 Å². The zero-order valence-electron chi connectivity index (χ0n) is 12.9. The van der Waals surface area contributed by atoms with Crippen LogP contribution >= 0.6 is 0 Å². The van der Waals surface area contributed by atoms with Crippen molar-refractivity contribution in [1.29, 1.82) is 0 Å². The lowest BCUT2D eigenvalue weighted by atomic mass is 10.00. The minimum atomic E-state index is -4.48. The smallest absolute Gasteiger partial charge is 0.416 e. The highest BCUT2D eigenvalue weighted by Gasteiger charge is 2.37. The second-order valence-corrected chi connectivity index (χ2v) is 5.57. The highest BCUT2D eigenvalue weighted by molar-refractivity contribution is 6.30. The first-order valence-electron chi connectivity index (χ1n) is 7.63. The molecule has 1 aromatic carbocycles. The Bertz CT molecular complexity index is 718. The summed E-state index contributed by atoms with van der Waals surface area (Å²) in [6, 6.07) is 4.84. The van der Waals surface area contributed by atoms with Crippen LogP contribution in [0.1, 0.15) is 30.9 Å². The zero-order valence-corrected chi connectivity index (χ0v) is 12.9. The van der Waals surface area contributed by atoms with Gasteiger partial charge in [-0.1, -0.05) is 12.1 Å². The van der Waals surface area contributed by atoms with E-state index in [1.165, 1.54) is 18.4 Å². The van der Waals surface area contributed by atoms with Crippen LogP contribution in [0.2, 0.25) is 0 Å². The van der Waals surface area contributed by atoms with E-state index >= 15 is 0 Å². The molecule has 7 heteroatoms. The number of carbonyl (C=O) groups excluding carboxylic acids is 1. The number of rotatable bonds is 5. The Morgan fingerprint density at radius 1 is 1.38 bits per heavy atom. The highest BCUT2D eigenvalue weighted by Crippen LogP contribution is 2.36. The maximum atomic E-state index is 12.9. The molecule has 2 aliphatic rings. The molecule has 3 rings (SSSR count). The molecule has 1 N–H and O–H groups in total. The molecule has 1 aliphatic heterocycles. The number of hydrogen-bond acceptors (Lipinski definition) is 4. The molecule has 0 radical (unpaired) electrons. The largest absolute Gasteiger partial charge is 0.497 e. The van der Waals surface area contributed by atoms with E-state index in [1.807, 2.05) is 0 Å². The van der Waals surface area contributed by atoms with Gasteiger partial charge in [-0.2, -0.15) is 13.2 Å². The highest BCUT2D eigenvalue weighted by atomic mass is 19.4. The summed E-state index contributed by atoms with van der Waals surface area (Å²) in [5.41, 5.74) is -0.551. The Hall–Kier alpha value is -2.44. The summed E-state index contributed by atoms with van der Waals surface area (Å²) >= 11 is 0. The maximum Gasteiger partial charge on any atom is 0.416 e. The van der Waals surface area contributed by atoms with Crippen molar-refractivity contribution in [3.8, 4) is 0 Å². The quantitative estimate of drug-likeness (QED) is 0.658. The summed E-state index contributed by atoms with van der Waals surface area (Å²) in [5, 5.41) is 3.06. The fraction of sp³-hybridized carbons (Fsp3) is 0.353. The second-order valence-electron chi connectivity index (χ2n) is 5.57. The minimum Gasteiger partial charge on any atom is -0.497 e. The second kappa shape index (κ2) is 6.22. The lowest BCUT2D eigenvalue weighted by Crippen LogP contribution is -2.16. The van der Waals surface area contributed by atoms with Gasteiger partial charge in [-0.05, 0) is 37.5 Å². The van der Waals surface area contributed by atoms with Crippen LogP contribution in [0.15, 0.2) is 42.2 Å². The van der Waals surface area contributed by atoms with Gasteiger partial charge >= 0.3 is 6.18 Å². The van der Waals surface area contributed by atoms with Crippen LogP contribution in [0.25, 0.3) is 5.57 Å². The van der Waals surface area contributed by atoms with Gasteiger partial charge in [0.15, 0.2) is 0 Å². The van der Waals surface area contributed by atoms with E-state index in [0.29, 0.717) is 6.61 Å². The van der Waals surface area contributed by atoms with E-state index in [0.717, 1.165) is 25.0 Å². The van der Waals surface area contributed by atoms with Gasteiger partial charge in [0.05, 0.1) is 17.7 Å². The number of carbonyl (C=O) groups is 1. The van der Waals surface area contributed by atoms with Gasteiger partial charge < -0.3 is 14.8 Å². The van der Waals surface area contributed by atoms with Crippen molar-refractivity contribution in [1.82, 2.24) is 5.32 Å². The number of Topliss-reactive ketones (excluding diaryl/α,β-unsaturated/α-hetero) is 1. The van der Waals surface area contributed by atoms with E-state index in [2.05, 4.69) is 5.32 Å². The Morgan fingerprint density at radius 2 is 2.12 bits per heavy atom. The Kier molecular flexibility index (Phi) is 4.26. The molecule has 4 nitrogen and oxygen atoms in total. The fourth-order valence-electron chi connectivity index (χ4n) is 2.30. The van der Waals surface area contributed by atoms with Crippen molar-refractivity contribution < 1.29 is 27.4 Å². The number of hydrogen-bond donors (Lipinski definition) is 1. The van der Waals surface area contributed by atoms with Crippen LogP contribution in [0.3, 0.4) is 0 Å². The molecule has 0 atom stereocenters. The predicted octanol–water partition coefficient (Wildman–Crippen LogP) is 3.60. The first kappa shape index (κ1) is 16.4. The van der Waals surface area contributed by atoms with Crippen LogP contribution in [-0.2, 0) is 20.4 Å². The van der Waals surface area contributed by atoms with Gasteiger partial charge in [-0.3, -0.25) is 4.79 Å². The van der Waals surface area contributed by atoms with E-state index < -0.39 is 17.5 Å². The van der Waals surface area contributed by atoms with Gasteiger partial charge in [0.1, 0.15) is 6.26 Å². The van der Waals surface area contributed by atoms with Crippen LogP contribution in [0, 0.1) is 0 Å². The number of benzene rings is 1. The maximum absolute atomic E-state index is 12.9. The van der Waals surface area contributed by atoms with Crippen LogP contribution in [-0.4, -0.2) is 18.4 Å². The van der Waals surface area contributed by atoms with E-state index in [1.54, 1.807) is 6.92 Å². The third kappa shape index (κ3) is 3.39. The summed E-state index contributed by atoms with van der Waals surface area (Å²) in [5.74, 6) is -0.342. The van der Waals surface area contributed by atoms with Gasteiger partial charge in [0.2, 0.25) is 17.4 Å². The SMILES string of the molecule is CCOC=C1OC(NC2CC2)=C(c2cccc(C(F)(F)F)c2)C1=O. The van der Waals surface area contributed by atoms with Crippen molar-refractivity contribution in [2.24, 2.45) is 0 Å². The molecule has 24 heavy (non-hydrogen) atoms. The third-order valence-corrected chi connectivity index (χ3v) is 3.64. The molecule has 1 aromatic rings. The third-order valence-electron chi connectivity index (χ3n) is 3.64. The number of ketones is 1. The Morgan fingerprint density at radius 3 is 2.75 bits per heavy atom. The Labute approximate surface area is 136 Å². The van der Waals surface area contributed by atoms with Gasteiger partial charge in [0.25, 0.3) is 0 Å². The Balaban J connectivity index is 1.99. The van der Waals surface area contributed by atoms with Gasteiger partial charge in [-0.25, -0.2) is 0 Å². The summed E-state index contributed by atoms with van der Waals surface area (Å²) in [6.45, 7) is 2.10. The molecule has 1 heterocycles. The molecule has 0 aromatic heterocycles. The number of nitrogens with one attached hydrogen (secondary N) is 1. The molecule has 1 saturated carbocycles. The molecular weight excluding hydrogens is 323 g/mol. The molecule has 1 fully saturated rings. The molecular formula is C17H16F3NO3. The summed E-state index contributed by atoms with van der Waals surface area (Å²) in [7, 11) is 0. The minimum absolute atomic E-state index is 0.0348. The molecule has 1 aliphatic carbocycles. The average Bonchev–Trinajstić information content (AvgIpc) is 3.29. The van der Waals surface area contributed by atoms with Crippen molar-refractivity contribution in [2.75, 3.05) is 6.61 Å². The normalized spacial score (nSPS) is 19.7. The molecule has 128 valence electrons. The van der Waals surface area contributed by atoms with Crippen molar-refractivity contribution in [3.05, 3.63) is 53.3 Å². The average molecular weight is 339 g/mol. The van der Waals surface area contributed by atoms with E-state index in [-0.39, 0.29) is 28.8 Å². The molecule has 0 spiro atoms. The van der Waals surface area contributed by atoms with Crippen LogP contribution < -0.4 is 5.32 Å². The van der Waals surface area contributed by atoms with Crippen molar-refractivity contribution in [2.45, 2.75) is 32.0 Å². The standard InChI is InChI=1S/C17H16F3NO3/c1-2-23-9-13-15(22)14(16(24-13)21-12-6-7-12)10-4-3-5-11(8-10)17(18,19)20/h3-5,8-9,12,21H,2,6-7H2,1H3. The summed E-state index contributed by atoms with van der Waals surface area (Å²) in [6.07, 6.45) is -1.42. The summed E-state index contributed by atoms with van der Waals surface area (Å²) in [4.78, 5) is 12.5. The molecule has 0 unspecified atom stereocenters. The lowest BCUT2D eigenvalue weighted by molar-refractivity contribution is -0.137. The monoisotopic (exact) mass is 339 g/mol. The molecule has 0 amide bonds. The fourth-order valence-corrected chi connectivity index (χ4v) is 2.30. The number of alkyl halides is 3. The van der Waals surface area contributed by atoms with Crippen molar-refractivity contribution in [3.63, 3.8) is 0 Å². The molecule has 0 saturated heterocycles. The first-order valence-corrected chi connectivity index (χ1v) is 7.63. The van der Waals surface area contributed by atoms with Gasteiger partial charge in [0, 0.05) is 6.04 Å². The number of halogens is 3. The first-order chi connectivity index (χ1) is 11.4. The molecule has 0 bridgehead atoms. The summed E-state index contributed by atoms with van der Waals surface area (Å²) < 4.78 is 49.4. The van der Waals surface area contributed by atoms with Crippen molar-refractivity contribution >= 4 is 11.4 Å². The number of allylic oxidation sites excluding steroid dienone is 1. The van der Waals surface area contributed by atoms with E-state index in [9.17, 15) is 18.0 Å². The van der Waals surface area contributed by atoms with E-state index in [4.69, 9.17) is 9.47 Å². The predicted molar refractivity (Wildman–Crippen MR) is 80.3 cm³/mol. The number of ether oxygens (including phenoxy) is 2. The zero-order chi connectivity index (χ0) is 17.3. The lowest BCUT2D eigenvalue weighted by Gasteiger charge is -2.10. The van der Waals surface area contributed by atoms with Crippen LogP contribution in [0.5, 0.6) is 0 Å².